The van der Waals surface area contributed by atoms with Gasteiger partial charge >= 0.3 is 12.4 Å². The molecular formula is C30H29F6N5O2S. The molecule has 234 valence electrons. The maximum Gasteiger partial charge on any atom is 0.418 e. The number of anilines is 2. The number of rotatable bonds is 7. The maximum atomic E-state index is 14.3. The van der Waals surface area contributed by atoms with Crippen LogP contribution in [0.3, 0.4) is 0 Å². The first-order valence-electron chi connectivity index (χ1n) is 13.9. The Morgan fingerprint density at radius 2 is 1.68 bits per heavy atom. The Bertz CT molecular complexity index is 1470. The van der Waals surface area contributed by atoms with Gasteiger partial charge in [0.15, 0.2) is 0 Å². The summed E-state index contributed by atoms with van der Waals surface area (Å²) in [6, 6.07) is 8.67. The number of nitrogens with one attached hydrogen (secondary N) is 1. The van der Waals surface area contributed by atoms with Crippen molar-refractivity contribution in [2.45, 2.75) is 41.0 Å². The molecule has 0 saturated carbocycles. The summed E-state index contributed by atoms with van der Waals surface area (Å²) in [5.41, 5.74) is -3.70. The average molecular weight is 638 g/mol. The minimum atomic E-state index is -5.33. The fourth-order valence-electron chi connectivity index (χ4n) is 5.14. The van der Waals surface area contributed by atoms with Crippen LogP contribution >= 0.6 is 11.8 Å². The van der Waals surface area contributed by atoms with Crippen molar-refractivity contribution in [2.75, 3.05) is 49.6 Å². The molecule has 2 aliphatic rings. The largest absolute Gasteiger partial charge is 0.418 e. The zero-order chi connectivity index (χ0) is 31.3. The number of aromatic nitrogens is 2. The molecule has 0 atom stereocenters. The highest BCUT2D eigenvalue weighted by Crippen LogP contribution is 2.48. The van der Waals surface area contributed by atoms with Crippen LogP contribution in [0.25, 0.3) is 6.08 Å². The molecule has 2 aromatic carbocycles. The molecule has 2 fully saturated rings. The third-order valence-corrected chi connectivity index (χ3v) is 8.34. The second-order valence-electron chi connectivity index (χ2n) is 10.3. The van der Waals surface area contributed by atoms with Crippen molar-refractivity contribution in [1.82, 2.24) is 14.9 Å². The van der Waals surface area contributed by atoms with Gasteiger partial charge < -0.3 is 19.9 Å². The maximum absolute atomic E-state index is 14.3. The number of hydrogen-bond acceptors (Lipinski definition) is 7. The molecule has 5 rings (SSSR count). The topological polar surface area (TPSA) is 70.6 Å². The van der Waals surface area contributed by atoms with Crippen LogP contribution in [0.2, 0.25) is 0 Å². The molecule has 1 aromatic heterocycles. The molecule has 1 N–H and O–H groups in total. The molecule has 0 aliphatic carbocycles. The number of amides is 1. The fourth-order valence-corrected chi connectivity index (χ4v) is 6.18. The lowest BCUT2D eigenvalue weighted by Gasteiger charge is -2.34. The summed E-state index contributed by atoms with van der Waals surface area (Å²) in [6.45, 7) is 2.54. The second kappa shape index (κ2) is 13.5. The monoisotopic (exact) mass is 637 g/mol. The highest BCUT2D eigenvalue weighted by atomic mass is 32.2. The third-order valence-electron chi connectivity index (χ3n) is 7.29. The van der Waals surface area contributed by atoms with Crippen molar-refractivity contribution in [3.05, 3.63) is 77.8 Å². The third kappa shape index (κ3) is 7.83. The molecule has 3 aromatic rings. The van der Waals surface area contributed by atoms with Gasteiger partial charge in [-0.15, -0.1) is 0 Å². The fraction of sp³-hybridized carbons (Fsp3) is 0.367. The first kappa shape index (κ1) is 31.6. The van der Waals surface area contributed by atoms with Gasteiger partial charge in [-0.1, -0.05) is 23.9 Å². The number of carbonyl (C=O) groups excluding carboxylic acids is 1. The number of hydrogen-bond donors (Lipinski definition) is 1. The van der Waals surface area contributed by atoms with Crippen LogP contribution in [-0.2, 0) is 21.9 Å². The Kier molecular flexibility index (Phi) is 9.68. The summed E-state index contributed by atoms with van der Waals surface area (Å²) in [4.78, 5) is 24.1. The number of ether oxygens (including phenoxy) is 1. The quantitative estimate of drug-likeness (QED) is 0.231. The summed E-state index contributed by atoms with van der Waals surface area (Å²) in [6.07, 6.45) is -2.77. The Hall–Kier alpha value is -3.78. The van der Waals surface area contributed by atoms with Crippen molar-refractivity contribution in [2.24, 2.45) is 0 Å². The van der Waals surface area contributed by atoms with Crippen LogP contribution < -0.4 is 10.2 Å². The van der Waals surface area contributed by atoms with Gasteiger partial charge in [-0.25, -0.2) is 4.98 Å². The summed E-state index contributed by atoms with van der Waals surface area (Å²) in [5.74, 6) is 0.0303. The first-order chi connectivity index (χ1) is 21.0. The predicted molar refractivity (Wildman–Crippen MR) is 154 cm³/mol. The molecule has 0 radical (unpaired) electrons. The van der Waals surface area contributed by atoms with Crippen molar-refractivity contribution in [3.63, 3.8) is 0 Å². The summed E-state index contributed by atoms with van der Waals surface area (Å²) >= 11 is 0.604. The Labute approximate surface area is 254 Å². The average Bonchev–Trinajstić information content (AvgIpc) is 3.00. The van der Waals surface area contributed by atoms with E-state index in [1.165, 1.54) is 17.3 Å². The molecule has 14 heteroatoms. The van der Waals surface area contributed by atoms with E-state index in [4.69, 9.17) is 4.74 Å². The van der Waals surface area contributed by atoms with Gasteiger partial charge in [0, 0.05) is 79.4 Å². The molecular weight excluding hydrogens is 608 g/mol. The molecule has 3 heterocycles. The first-order valence-corrected chi connectivity index (χ1v) is 14.7. The van der Waals surface area contributed by atoms with Crippen molar-refractivity contribution < 1.29 is 35.9 Å². The molecule has 0 unspecified atom stereocenters. The summed E-state index contributed by atoms with van der Waals surface area (Å²) in [5, 5.41) is 3.31. The van der Waals surface area contributed by atoms with E-state index >= 15 is 0 Å². The predicted octanol–water partition coefficient (Wildman–Crippen LogP) is 6.62. The van der Waals surface area contributed by atoms with Gasteiger partial charge in [-0.3, -0.25) is 9.78 Å². The van der Waals surface area contributed by atoms with Gasteiger partial charge in [0.05, 0.1) is 17.3 Å². The van der Waals surface area contributed by atoms with Crippen LogP contribution in [0.5, 0.6) is 0 Å². The lowest BCUT2D eigenvalue weighted by Crippen LogP contribution is -2.48. The SMILES string of the molecule is O=C(C=Cc1ccc(Sc2cccc(NC3CCOCC3)c2)c(C(F)(F)F)c1C(F)(F)F)N1CCN(c2cnccn2)CC1. The number of halogens is 6. The molecule has 2 saturated heterocycles. The van der Waals surface area contributed by atoms with E-state index in [1.807, 2.05) is 4.90 Å². The van der Waals surface area contributed by atoms with Crippen LogP contribution in [-0.4, -0.2) is 66.2 Å². The van der Waals surface area contributed by atoms with Gasteiger partial charge in [0.25, 0.3) is 0 Å². The van der Waals surface area contributed by atoms with Crippen LogP contribution in [0, 0.1) is 0 Å². The van der Waals surface area contributed by atoms with Crippen LogP contribution in [0.1, 0.15) is 29.5 Å². The zero-order valence-electron chi connectivity index (χ0n) is 23.4. The Balaban J connectivity index is 1.37. The van der Waals surface area contributed by atoms with Crippen LogP contribution in [0.15, 0.2) is 70.9 Å². The van der Waals surface area contributed by atoms with Crippen molar-refractivity contribution in [3.8, 4) is 0 Å². The van der Waals surface area contributed by atoms with Gasteiger partial charge in [-0.2, -0.15) is 26.3 Å². The zero-order valence-corrected chi connectivity index (χ0v) is 24.2. The standard InChI is InChI=1S/C30H29F6N5O2S/c31-29(32,33)27-20(5-7-26(42)41-14-12-40(13-15-41)25-19-37-10-11-38-25)4-6-24(28(27)30(34,35)36)44-23-3-1-2-22(18-23)39-21-8-16-43-17-9-21/h1-7,10-11,18-19,21,39H,8-9,12-17H2. The van der Waals surface area contributed by atoms with Gasteiger partial charge in [0.2, 0.25) is 5.91 Å². The summed E-state index contributed by atoms with van der Waals surface area (Å²) < 4.78 is 91.2. The number of carbonyl (C=O) groups is 1. The van der Waals surface area contributed by atoms with E-state index in [0.29, 0.717) is 54.5 Å². The van der Waals surface area contributed by atoms with E-state index < -0.39 is 39.8 Å². The molecule has 7 nitrogen and oxygen atoms in total. The minimum Gasteiger partial charge on any atom is -0.382 e. The molecule has 0 spiro atoms. The van der Waals surface area contributed by atoms with E-state index in [1.54, 1.807) is 30.5 Å². The van der Waals surface area contributed by atoms with E-state index in [-0.39, 0.29) is 19.1 Å². The minimum absolute atomic E-state index is 0.127. The molecule has 0 bridgehead atoms. The summed E-state index contributed by atoms with van der Waals surface area (Å²) in [7, 11) is 0. The Morgan fingerprint density at radius 3 is 2.34 bits per heavy atom. The van der Waals surface area contributed by atoms with E-state index in [9.17, 15) is 31.1 Å². The lowest BCUT2D eigenvalue weighted by atomic mass is 9.99. The van der Waals surface area contributed by atoms with Crippen molar-refractivity contribution in [1.29, 1.82) is 0 Å². The number of benzene rings is 2. The number of nitrogens with zero attached hydrogens (tertiary/aromatic N) is 4. The van der Waals surface area contributed by atoms with E-state index in [0.717, 1.165) is 37.1 Å². The smallest absolute Gasteiger partial charge is 0.382 e. The molecule has 2 aliphatic heterocycles. The normalized spacial score (nSPS) is 16.9. The van der Waals surface area contributed by atoms with Crippen LogP contribution in [0.4, 0.5) is 37.8 Å². The lowest BCUT2D eigenvalue weighted by molar-refractivity contribution is -0.163. The van der Waals surface area contributed by atoms with E-state index in [2.05, 4.69) is 15.3 Å². The van der Waals surface area contributed by atoms with Gasteiger partial charge in [0.1, 0.15) is 5.82 Å². The van der Waals surface area contributed by atoms with Crippen molar-refractivity contribution >= 4 is 35.3 Å². The number of alkyl halides is 6. The van der Waals surface area contributed by atoms with Gasteiger partial charge in [-0.05, 0) is 48.7 Å². The highest BCUT2D eigenvalue weighted by molar-refractivity contribution is 7.99. The molecule has 44 heavy (non-hydrogen) atoms. The highest BCUT2D eigenvalue weighted by Gasteiger charge is 2.46. The number of piperazine rings is 1. The second-order valence-corrected chi connectivity index (χ2v) is 11.4. The Morgan fingerprint density at radius 1 is 0.955 bits per heavy atom. The molecule has 1 amide bonds.